The number of hydrogen-bond acceptors (Lipinski definition) is 4. The highest BCUT2D eigenvalue weighted by molar-refractivity contribution is 5.79. The quantitative estimate of drug-likeness (QED) is 0.543. The molecular formula is C7H7F5O4. The average molecular weight is 250 g/mol. The Bertz CT molecular complexity index is 293. The first-order valence-corrected chi connectivity index (χ1v) is 3.95. The minimum atomic E-state index is -5.37. The van der Waals surface area contributed by atoms with Crippen LogP contribution in [0.25, 0.3) is 0 Å². The number of hydrogen-bond donors (Lipinski definition) is 0. The number of carbonyl (C=O) groups excluding carboxylic acids is 1. The molecular weight excluding hydrogens is 243 g/mol. The Morgan fingerprint density at radius 1 is 1.50 bits per heavy atom. The van der Waals surface area contributed by atoms with Crippen molar-refractivity contribution in [3.63, 3.8) is 0 Å². The predicted octanol–water partition coefficient (Wildman–Crippen LogP) is 1.10. The molecule has 0 aromatic rings. The Balaban J connectivity index is 3.07. The molecule has 1 heterocycles. The zero-order valence-corrected chi connectivity index (χ0v) is 7.94. The molecule has 2 atom stereocenters. The van der Waals surface area contributed by atoms with Gasteiger partial charge in [-0.3, -0.25) is 4.74 Å². The van der Waals surface area contributed by atoms with Gasteiger partial charge in [0.05, 0.1) is 7.11 Å². The molecule has 1 fully saturated rings. The molecule has 0 amide bonds. The van der Waals surface area contributed by atoms with Crippen molar-refractivity contribution in [3.8, 4) is 0 Å². The molecule has 16 heavy (non-hydrogen) atoms. The van der Waals surface area contributed by atoms with Gasteiger partial charge < -0.3 is 9.47 Å². The first-order valence-electron chi connectivity index (χ1n) is 3.95. The van der Waals surface area contributed by atoms with Crippen LogP contribution in [0.1, 0.15) is 0 Å². The highest BCUT2D eigenvalue weighted by Gasteiger charge is 2.72. The van der Waals surface area contributed by atoms with Gasteiger partial charge in [0.2, 0.25) is 0 Å². The van der Waals surface area contributed by atoms with Crippen molar-refractivity contribution in [1.29, 1.82) is 0 Å². The molecule has 1 rings (SSSR count). The van der Waals surface area contributed by atoms with Crippen molar-refractivity contribution < 1.29 is 41.0 Å². The Morgan fingerprint density at radius 2 is 2.06 bits per heavy atom. The maximum atomic E-state index is 13.1. The summed E-state index contributed by atoms with van der Waals surface area (Å²) in [4.78, 5) is 10.9. The van der Waals surface area contributed by atoms with E-state index < -0.39 is 37.1 Å². The third-order valence-corrected chi connectivity index (χ3v) is 1.84. The van der Waals surface area contributed by atoms with Crippen LogP contribution in [-0.2, 0) is 19.0 Å². The van der Waals surface area contributed by atoms with E-state index in [1.807, 2.05) is 0 Å². The van der Waals surface area contributed by atoms with Crippen LogP contribution in [0.15, 0.2) is 0 Å². The number of ether oxygens (including phenoxy) is 3. The Hall–Kier alpha value is -0.960. The molecule has 1 saturated heterocycles. The maximum Gasteiger partial charge on any atom is 0.455 e. The molecule has 0 aromatic carbocycles. The minimum absolute atomic E-state index is 0.635. The normalized spacial score (nSPS) is 35.1. The second-order valence-electron chi connectivity index (χ2n) is 3.01. The van der Waals surface area contributed by atoms with Gasteiger partial charge >= 0.3 is 17.9 Å². The third kappa shape index (κ3) is 1.84. The van der Waals surface area contributed by atoms with Gasteiger partial charge in [0.25, 0.3) is 5.85 Å². The first-order chi connectivity index (χ1) is 7.21. The van der Waals surface area contributed by atoms with Crippen molar-refractivity contribution in [2.24, 2.45) is 0 Å². The predicted molar refractivity (Wildman–Crippen MR) is 37.7 cm³/mol. The standard InChI is InChI=1S/C7H7F5O4/c1-14-4(13)6(7(10,11)12)15-3-5(9,2-8)16-6/h2-3H2,1H3. The van der Waals surface area contributed by atoms with Gasteiger partial charge in [-0.2, -0.15) is 13.2 Å². The second kappa shape index (κ2) is 3.81. The second-order valence-corrected chi connectivity index (χ2v) is 3.01. The summed E-state index contributed by atoms with van der Waals surface area (Å²) in [6, 6.07) is 0. The zero-order chi connectivity index (χ0) is 12.6. The van der Waals surface area contributed by atoms with Crippen LogP contribution in [0.3, 0.4) is 0 Å². The smallest absolute Gasteiger partial charge is 0.455 e. The molecule has 94 valence electrons. The molecule has 0 spiro atoms. The molecule has 0 radical (unpaired) electrons. The van der Waals surface area contributed by atoms with E-state index in [1.165, 1.54) is 0 Å². The van der Waals surface area contributed by atoms with E-state index in [4.69, 9.17) is 0 Å². The summed E-state index contributed by atoms with van der Waals surface area (Å²) in [5.41, 5.74) is 0. The summed E-state index contributed by atoms with van der Waals surface area (Å²) in [5.74, 6) is -9.19. The highest BCUT2D eigenvalue weighted by atomic mass is 19.4. The summed E-state index contributed by atoms with van der Waals surface area (Å²) in [6.07, 6.45) is -5.37. The lowest BCUT2D eigenvalue weighted by atomic mass is 10.2. The summed E-state index contributed by atoms with van der Waals surface area (Å²) in [6.45, 7) is -3.22. The molecule has 0 N–H and O–H groups in total. The lowest BCUT2D eigenvalue weighted by Crippen LogP contribution is -2.55. The Morgan fingerprint density at radius 3 is 2.38 bits per heavy atom. The van der Waals surface area contributed by atoms with Gasteiger partial charge in [-0.1, -0.05) is 0 Å². The van der Waals surface area contributed by atoms with Gasteiger partial charge in [-0.15, -0.1) is 0 Å². The van der Waals surface area contributed by atoms with Crippen LogP contribution < -0.4 is 0 Å². The Kier molecular flexibility index (Phi) is 3.12. The summed E-state index contributed by atoms with van der Waals surface area (Å²) < 4.78 is 74.2. The number of methoxy groups -OCH3 is 1. The zero-order valence-electron chi connectivity index (χ0n) is 7.94. The van der Waals surface area contributed by atoms with Crippen molar-refractivity contribution in [3.05, 3.63) is 0 Å². The van der Waals surface area contributed by atoms with Gasteiger partial charge in [0.15, 0.2) is 6.67 Å². The van der Waals surface area contributed by atoms with Gasteiger partial charge in [0, 0.05) is 0 Å². The highest BCUT2D eigenvalue weighted by Crippen LogP contribution is 2.44. The molecule has 0 aliphatic carbocycles. The van der Waals surface area contributed by atoms with Gasteiger partial charge in [-0.05, 0) is 0 Å². The molecule has 1 aliphatic rings. The fourth-order valence-corrected chi connectivity index (χ4v) is 1.08. The van der Waals surface area contributed by atoms with Crippen LogP contribution in [-0.4, -0.2) is 44.2 Å². The first kappa shape index (κ1) is 13.1. The lowest BCUT2D eigenvalue weighted by Gasteiger charge is -2.27. The largest absolute Gasteiger partial charge is 0.465 e. The van der Waals surface area contributed by atoms with Crippen LogP contribution in [0.2, 0.25) is 0 Å². The third-order valence-electron chi connectivity index (χ3n) is 1.84. The minimum Gasteiger partial charge on any atom is -0.465 e. The topological polar surface area (TPSA) is 44.8 Å². The van der Waals surface area contributed by atoms with Crippen molar-refractivity contribution >= 4 is 5.97 Å². The molecule has 0 bridgehead atoms. The summed E-state index contributed by atoms with van der Waals surface area (Å²) in [7, 11) is 0.635. The van der Waals surface area contributed by atoms with E-state index in [-0.39, 0.29) is 0 Å². The molecule has 9 heteroatoms. The average Bonchev–Trinajstić information content (AvgIpc) is 2.57. The van der Waals surface area contributed by atoms with E-state index in [0.29, 0.717) is 7.11 Å². The fourth-order valence-electron chi connectivity index (χ4n) is 1.08. The van der Waals surface area contributed by atoms with E-state index in [2.05, 4.69) is 14.2 Å². The van der Waals surface area contributed by atoms with Gasteiger partial charge in [0.1, 0.15) is 6.61 Å². The van der Waals surface area contributed by atoms with E-state index in [0.717, 1.165) is 0 Å². The molecule has 4 nitrogen and oxygen atoms in total. The van der Waals surface area contributed by atoms with Crippen LogP contribution in [0, 0.1) is 0 Å². The van der Waals surface area contributed by atoms with E-state index >= 15 is 0 Å². The molecule has 0 aromatic heterocycles. The SMILES string of the molecule is COC(=O)C1(C(F)(F)F)OCC(F)(CF)O1. The number of halogens is 5. The number of carbonyl (C=O) groups is 1. The Labute approximate surface area is 86.3 Å². The van der Waals surface area contributed by atoms with Crippen LogP contribution >= 0.6 is 0 Å². The van der Waals surface area contributed by atoms with Crippen LogP contribution in [0.4, 0.5) is 22.0 Å². The van der Waals surface area contributed by atoms with Crippen molar-refractivity contribution in [2.45, 2.75) is 17.8 Å². The lowest BCUT2D eigenvalue weighted by molar-refractivity contribution is -0.351. The summed E-state index contributed by atoms with van der Waals surface area (Å²) >= 11 is 0. The fraction of sp³-hybridized carbons (Fsp3) is 0.857. The summed E-state index contributed by atoms with van der Waals surface area (Å²) in [5, 5.41) is 0. The number of rotatable bonds is 2. The van der Waals surface area contributed by atoms with E-state index in [1.54, 1.807) is 0 Å². The van der Waals surface area contributed by atoms with Crippen molar-refractivity contribution in [1.82, 2.24) is 0 Å². The number of esters is 1. The van der Waals surface area contributed by atoms with Crippen LogP contribution in [0.5, 0.6) is 0 Å². The maximum absolute atomic E-state index is 13.1. The van der Waals surface area contributed by atoms with Gasteiger partial charge in [-0.25, -0.2) is 13.6 Å². The molecule has 0 saturated carbocycles. The molecule has 2 unspecified atom stereocenters. The van der Waals surface area contributed by atoms with E-state index in [9.17, 15) is 26.7 Å². The van der Waals surface area contributed by atoms with Crippen molar-refractivity contribution in [2.75, 3.05) is 20.4 Å². The molecule has 1 aliphatic heterocycles. The number of alkyl halides is 5. The monoisotopic (exact) mass is 250 g/mol.